The normalized spacial score (nSPS) is 11.6. The molecule has 0 aliphatic heterocycles. The van der Waals surface area contributed by atoms with Gasteiger partial charge in [-0.2, -0.15) is 8.42 Å². The van der Waals surface area contributed by atoms with Crippen molar-refractivity contribution >= 4 is 54.9 Å². The first-order valence-corrected chi connectivity index (χ1v) is 10.2. The number of anilines is 1. The minimum Gasteiger partial charge on any atom is -0.321 e. The molecule has 2 N–H and O–H groups in total. The van der Waals surface area contributed by atoms with E-state index in [4.69, 9.17) is 11.6 Å². The van der Waals surface area contributed by atoms with Crippen molar-refractivity contribution in [2.75, 3.05) is 5.32 Å². The second kappa shape index (κ2) is 6.91. The first-order valence-electron chi connectivity index (χ1n) is 8.33. The van der Waals surface area contributed by atoms with E-state index in [0.29, 0.717) is 5.56 Å². The van der Waals surface area contributed by atoms with Gasteiger partial charge in [-0.05, 0) is 45.8 Å². The zero-order valence-corrected chi connectivity index (χ0v) is 16.0. The Labute approximate surface area is 166 Å². The summed E-state index contributed by atoms with van der Waals surface area (Å²) in [6.07, 6.45) is 0. The van der Waals surface area contributed by atoms with Gasteiger partial charge in [-0.3, -0.25) is 9.35 Å². The molecule has 140 valence electrons. The number of halogens is 1. The van der Waals surface area contributed by atoms with Gasteiger partial charge in [0, 0.05) is 0 Å². The van der Waals surface area contributed by atoms with E-state index in [1.165, 1.54) is 12.1 Å². The molecular formula is C21H14ClNO4S. The molecule has 7 heteroatoms. The summed E-state index contributed by atoms with van der Waals surface area (Å²) in [5, 5.41) is 6.18. The van der Waals surface area contributed by atoms with E-state index in [9.17, 15) is 17.8 Å². The van der Waals surface area contributed by atoms with Crippen LogP contribution in [-0.4, -0.2) is 18.9 Å². The lowest BCUT2D eigenvalue weighted by Gasteiger charge is -2.13. The predicted molar refractivity (Wildman–Crippen MR) is 111 cm³/mol. The number of carbonyl (C=O) groups excluding carboxylic acids is 1. The lowest BCUT2D eigenvalue weighted by Crippen LogP contribution is -2.14. The van der Waals surface area contributed by atoms with Crippen LogP contribution in [0.3, 0.4) is 0 Å². The van der Waals surface area contributed by atoms with Gasteiger partial charge in [0.25, 0.3) is 16.0 Å². The number of rotatable bonds is 3. The highest BCUT2D eigenvalue weighted by Crippen LogP contribution is 2.31. The third-order valence-corrected chi connectivity index (χ3v) is 5.66. The average Bonchev–Trinajstić information content (AvgIpc) is 2.66. The molecule has 0 aliphatic carbocycles. The Balaban J connectivity index is 1.88. The maximum atomic E-state index is 13.2. The Morgan fingerprint density at radius 2 is 1.43 bits per heavy atom. The smallest absolute Gasteiger partial charge is 0.294 e. The van der Waals surface area contributed by atoms with E-state index < -0.39 is 16.0 Å². The topological polar surface area (TPSA) is 83.5 Å². The minimum atomic E-state index is -4.42. The van der Waals surface area contributed by atoms with Gasteiger partial charge in [0.05, 0.1) is 21.2 Å². The number of carbonyl (C=O) groups is 1. The fourth-order valence-corrected chi connectivity index (χ4v) is 3.88. The molecule has 0 atom stereocenters. The van der Waals surface area contributed by atoms with Gasteiger partial charge in [-0.1, -0.05) is 60.1 Å². The lowest BCUT2D eigenvalue weighted by molar-refractivity contribution is 0.102. The van der Waals surface area contributed by atoms with Crippen molar-refractivity contribution in [1.82, 2.24) is 0 Å². The van der Waals surface area contributed by atoms with E-state index in [-0.39, 0.29) is 15.6 Å². The van der Waals surface area contributed by atoms with E-state index >= 15 is 0 Å². The quantitative estimate of drug-likeness (QED) is 0.361. The molecule has 4 aromatic carbocycles. The Morgan fingerprint density at radius 1 is 0.857 bits per heavy atom. The second-order valence-corrected chi connectivity index (χ2v) is 8.09. The van der Waals surface area contributed by atoms with Crippen molar-refractivity contribution < 1.29 is 17.8 Å². The summed E-state index contributed by atoms with van der Waals surface area (Å²) in [5.74, 6) is -0.428. The summed E-state index contributed by atoms with van der Waals surface area (Å²) in [5.41, 5.74) is 0.556. The number of hydrogen-bond donors (Lipinski definition) is 2. The van der Waals surface area contributed by atoms with Gasteiger partial charge in [0.2, 0.25) is 0 Å². The van der Waals surface area contributed by atoms with Crippen LogP contribution in [0.5, 0.6) is 0 Å². The fraction of sp³-hybridized carbons (Fsp3) is 0. The average molecular weight is 412 g/mol. The van der Waals surface area contributed by atoms with Gasteiger partial charge in [-0.25, -0.2) is 0 Å². The van der Waals surface area contributed by atoms with E-state index in [1.807, 2.05) is 54.6 Å². The van der Waals surface area contributed by atoms with Crippen molar-refractivity contribution in [2.45, 2.75) is 4.90 Å². The van der Waals surface area contributed by atoms with Crippen LogP contribution < -0.4 is 5.32 Å². The molecule has 4 rings (SSSR count). The zero-order valence-electron chi connectivity index (χ0n) is 14.4. The molecular weight excluding hydrogens is 398 g/mol. The van der Waals surface area contributed by atoms with Gasteiger partial charge < -0.3 is 5.32 Å². The van der Waals surface area contributed by atoms with Crippen LogP contribution in [0.15, 0.2) is 77.7 Å². The molecule has 0 bridgehead atoms. The number of amides is 1. The molecule has 0 unspecified atom stereocenters. The number of hydrogen-bond acceptors (Lipinski definition) is 3. The molecule has 0 heterocycles. The van der Waals surface area contributed by atoms with Gasteiger partial charge >= 0.3 is 0 Å². The third-order valence-electron chi connectivity index (χ3n) is 4.48. The van der Waals surface area contributed by atoms with Crippen LogP contribution in [0.2, 0.25) is 5.02 Å². The summed E-state index contributed by atoms with van der Waals surface area (Å²) < 4.78 is 32.1. The lowest BCUT2D eigenvalue weighted by atomic mass is 9.96. The molecule has 28 heavy (non-hydrogen) atoms. The van der Waals surface area contributed by atoms with Crippen molar-refractivity contribution in [1.29, 1.82) is 0 Å². The summed E-state index contributed by atoms with van der Waals surface area (Å²) in [4.78, 5) is 12.8. The summed E-state index contributed by atoms with van der Waals surface area (Å²) in [6.45, 7) is 0. The Bertz CT molecular complexity index is 1300. The predicted octanol–water partition coefficient (Wildman–Crippen LogP) is 5.15. The number of nitrogens with one attached hydrogen (secondary N) is 1. The van der Waals surface area contributed by atoms with E-state index in [2.05, 4.69) is 5.32 Å². The molecule has 0 fully saturated rings. The molecule has 0 saturated carbocycles. The maximum absolute atomic E-state index is 13.2. The van der Waals surface area contributed by atoms with E-state index in [0.717, 1.165) is 27.6 Å². The van der Waals surface area contributed by atoms with Crippen molar-refractivity contribution in [3.05, 3.63) is 83.4 Å². The van der Waals surface area contributed by atoms with Crippen LogP contribution in [0.25, 0.3) is 21.5 Å². The third kappa shape index (κ3) is 3.33. The minimum absolute atomic E-state index is 0.0961. The Hall–Kier alpha value is -2.93. The molecule has 5 nitrogen and oxygen atoms in total. The zero-order chi connectivity index (χ0) is 19.9. The Kier molecular flexibility index (Phi) is 4.55. The van der Waals surface area contributed by atoms with Crippen LogP contribution in [0.4, 0.5) is 5.69 Å². The van der Waals surface area contributed by atoms with Crippen LogP contribution >= 0.6 is 11.6 Å². The fourth-order valence-electron chi connectivity index (χ4n) is 3.20. The van der Waals surface area contributed by atoms with Gasteiger partial charge in [0.15, 0.2) is 0 Å². The van der Waals surface area contributed by atoms with Crippen molar-refractivity contribution in [3.63, 3.8) is 0 Å². The monoisotopic (exact) mass is 411 g/mol. The second-order valence-electron chi connectivity index (χ2n) is 6.26. The molecule has 0 radical (unpaired) electrons. The molecule has 0 aromatic heterocycles. The molecule has 0 saturated heterocycles. The first-order chi connectivity index (χ1) is 13.3. The maximum Gasteiger partial charge on any atom is 0.294 e. The van der Waals surface area contributed by atoms with Crippen LogP contribution in [0.1, 0.15) is 10.4 Å². The standard InChI is InChI=1S/C21H14ClNO4S/c22-18-10-9-15(28(25,26)27)12-19(18)23-21(24)20-16-7-3-1-5-13(16)11-14-6-2-4-8-17(14)20/h1-12H,(H,23,24)(H,25,26,27). The van der Waals surface area contributed by atoms with Crippen LogP contribution in [-0.2, 0) is 10.1 Å². The summed E-state index contributed by atoms with van der Waals surface area (Å²) >= 11 is 6.12. The molecule has 0 spiro atoms. The Morgan fingerprint density at radius 3 is 2.00 bits per heavy atom. The first kappa shape index (κ1) is 18.4. The number of benzene rings is 4. The molecule has 1 amide bonds. The van der Waals surface area contributed by atoms with Gasteiger partial charge in [0.1, 0.15) is 0 Å². The highest BCUT2D eigenvalue weighted by molar-refractivity contribution is 7.85. The van der Waals surface area contributed by atoms with E-state index in [1.54, 1.807) is 0 Å². The number of fused-ring (bicyclic) bond motifs is 2. The largest absolute Gasteiger partial charge is 0.321 e. The highest BCUT2D eigenvalue weighted by atomic mass is 35.5. The summed E-state index contributed by atoms with van der Waals surface area (Å²) in [7, 11) is -4.42. The SMILES string of the molecule is O=C(Nc1cc(S(=O)(=O)O)ccc1Cl)c1c2ccccc2cc2ccccc12. The summed E-state index contributed by atoms with van der Waals surface area (Å²) in [6, 6.07) is 20.6. The van der Waals surface area contributed by atoms with Crippen molar-refractivity contribution in [2.24, 2.45) is 0 Å². The van der Waals surface area contributed by atoms with Crippen molar-refractivity contribution in [3.8, 4) is 0 Å². The molecule has 4 aromatic rings. The highest BCUT2D eigenvalue weighted by Gasteiger charge is 2.18. The molecule has 0 aliphatic rings. The van der Waals surface area contributed by atoms with Crippen LogP contribution in [0, 0.1) is 0 Å². The van der Waals surface area contributed by atoms with Gasteiger partial charge in [-0.15, -0.1) is 0 Å².